The first-order chi connectivity index (χ1) is 46.8. The molecule has 0 aromatic heterocycles. The van der Waals surface area contributed by atoms with E-state index >= 15 is 0 Å². The van der Waals surface area contributed by atoms with Crippen LogP contribution >= 0.6 is 35.3 Å². The SMILES string of the molecule is CCCCCCCCCCCCCCCCCCC(CCCCCCCCCCCCCCCCCC)(CSCCC(=O)O)C(=O)O.O=C1CCSCCC(=O)OCCCCCCCCCCCCCCCCCCSCCCCCCCCCCCCCCCCCCO1. The maximum atomic E-state index is 12.6. The number of aliphatic carboxylic acids is 2. The van der Waals surface area contributed by atoms with E-state index in [1.807, 2.05) is 0 Å². The van der Waals surface area contributed by atoms with Crippen LogP contribution in [-0.2, 0) is 28.7 Å². The molecule has 0 spiro atoms. The van der Waals surface area contributed by atoms with Crippen LogP contribution in [0.15, 0.2) is 0 Å². The van der Waals surface area contributed by atoms with E-state index in [0.717, 1.165) is 64.2 Å². The molecule has 0 saturated carbocycles. The first kappa shape index (κ1) is 93.9. The van der Waals surface area contributed by atoms with Gasteiger partial charge in [-0.05, 0) is 50.0 Å². The summed E-state index contributed by atoms with van der Waals surface area (Å²) in [6, 6.07) is 0. The predicted molar refractivity (Wildman–Crippen MR) is 422 cm³/mol. The zero-order valence-corrected chi connectivity index (χ0v) is 66.0. The standard InChI is InChI=1S/C42H80O4S2.C42H82O4S/c43-41-33-39-48-40-34-42(44)46-36-30-26-22-18-14-10-6-2-4-8-12-16-20-24-28-32-38-47-37-31-27-23-19-15-11-7-3-1-5-9-13-17-21-25-29-35-45-41;1-3-5-7-9-11-13-15-17-19-21-23-25-27-29-31-33-36-42(41(45)46,39-47-38-35-40(43)44)37-34-32-30-28-26-24-22-20-18-16-14-12-10-8-6-4-2/h1-40H2;3-39H2,1-2H3,(H,43,44)(H,45,46). The van der Waals surface area contributed by atoms with Crippen LogP contribution in [0.25, 0.3) is 0 Å². The monoisotopic (exact) mass is 1400 g/mol. The fourth-order valence-electron chi connectivity index (χ4n) is 13.6. The van der Waals surface area contributed by atoms with Gasteiger partial charge in [0.15, 0.2) is 0 Å². The van der Waals surface area contributed by atoms with Crippen LogP contribution in [0.1, 0.15) is 457 Å². The highest BCUT2D eigenvalue weighted by atomic mass is 32.2. The van der Waals surface area contributed by atoms with Gasteiger partial charge in [0.1, 0.15) is 0 Å². The zero-order chi connectivity index (χ0) is 68.8. The highest BCUT2D eigenvalue weighted by molar-refractivity contribution is 7.99. The highest BCUT2D eigenvalue weighted by Crippen LogP contribution is 2.37. The number of cyclic esters (lactones) is 2. The van der Waals surface area contributed by atoms with Gasteiger partial charge in [-0.25, -0.2) is 0 Å². The summed E-state index contributed by atoms with van der Waals surface area (Å²) >= 11 is 5.38. The van der Waals surface area contributed by atoms with Gasteiger partial charge in [0.25, 0.3) is 0 Å². The summed E-state index contributed by atoms with van der Waals surface area (Å²) in [4.78, 5) is 47.6. The molecular weight excluding hydrogens is 1230 g/mol. The maximum Gasteiger partial charge on any atom is 0.310 e. The molecule has 8 nitrogen and oxygen atoms in total. The summed E-state index contributed by atoms with van der Waals surface area (Å²) in [6.07, 6.45) is 88.3. The molecule has 1 aliphatic rings. The molecule has 1 aliphatic heterocycles. The van der Waals surface area contributed by atoms with Crippen LogP contribution in [0.4, 0.5) is 0 Å². The summed E-state index contributed by atoms with van der Waals surface area (Å²) < 4.78 is 10.8. The van der Waals surface area contributed by atoms with E-state index in [1.165, 1.54) is 383 Å². The Balaban J connectivity index is 0.00000186. The Morgan fingerprint density at radius 2 is 0.568 bits per heavy atom. The number of carboxylic acids is 2. The lowest BCUT2D eigenvalue weighted by atomic mass is 9.79. The van der Waals surface area contributed by atoms with Crippen LogP contribution in [0.3, 0.4) is 0 Å². The number of carbonyl (C=O) groups is 4. The third kappa shape index (κ3) is 75.4. The molecule has 1 heterocycles. The molecule has 1 fully saturated rings. The van der Waals surface area contributed by atoms with Gasteiger partial charge < -0.3 is 19.7 Å². The largest absolute Gasteiger partial charge is 0.481 e. The minimum atomic E-state index is -0.797. The Morgan fingerprint density at radius 1 is 0.337 bits per heavy atom. The fourth-order valence-corrected chi connectivity index (χ4v) is 16.7. The molecular formula is C84H162O8S3. The predicted octanol–water partition coefficient (Wildman–Crippen LogP) is 28.4. The Labute approximate surface area is 604 Å². The van der Waals surface area contributed by atoms with Gasteiger partial charge in [0.2, 0.25) is 0 Å². The molecule has 564 valence electrons. The third-order valence-electron chi connectivity index (χ3n) is 20.1. The van der Waals surface area contributed by atoms with Crippen molar-refractivity contribution in [1.29, 1.82) is 0 Å². The van der Waals surface area contributed by atoms with Crippen molar-refractivity contribution in [3.8, 4) is 0 Å². The second-order valence-corrected chi connectivity index (χ2v) is 32.9. The van der Waals surface area contributed by atoms with E-state index in [0.29, 0.717) is 49.1 Å². The smallest absolute Gasteiger partial charge is 0.310 e. The number of carboxylic acid groups (broad SMARTS) is 2. The van der Waals surface area contributed by atoms with Gasteiger partial charge in [-0.3, -0.25) is 19.2 Å². The van der Waals surface area contributed by atoms with Gasteiger partial charge in [-0.15, -0.1) is 0 Å². The van der Waals surface area contributed by atoms with Crippen LogP contribution < -0.4 is 0 Å². The maximum absolute atomic E-state index is 12.6. The Bertz CT molecular complexity index is 1480. The van der Waals surface area contributed by atoms with Crippen molar-refractivity contribution < 1.29 is 38.9 Å². The summed E-state index contributed by atoms with van der Waals surface area (Å²) in [5, 5.41) is 19.4. The molecule has 11 heteroatoms. The summed E-state index contributed by atoms with van der Waals surface area (Å²) in [5.41, 5.74) is -0.699. The molecule has 1 saturated heterocycles. The molecule has 0 bridgehead atoms. The number of hydrogen-bond donors (Lipinski definition) is 2. The normalized spacial score (nSPS) is 17.6. The van der Waals surface area contributed by atoms with Crippen LogP contribution in [-0.4, -0.2) is 81.8 Å². The highest BCUT2D eigenvalue weighted by Gasteiger charge is 2.37. The minimum absolute atomic E-state index is 0.105. The lowest BCUT2D eigenvalue weighted by Gasteiger charge is -2.29. The zero-order valence-electron chi connectivity index (χ0n) is 63.5. The summed E-state index contributed by atoms with van der Waals surface area (Å²) in [5.74, 6) is 3.57. The van der Waals surface area contributed by atoms with Crippen molar-refractivity contribution in [3.63, 3.8) is 0 Å². The average Bonchev–Trinajstić information content (AvgIpc) is 0.912. The molecule has 0 atom stereocenters. The van der Waals surface area contributed by atoms with Crippen LogP contribution in [0.2, 0.25) is 0 Å². The van der Waals surface area contributed by atoms with E-state index < -0.39 is 17.4 Å². The number of ether oxygens (including phenoxy) is 2. The Hall–Kier alpha value is -1.07. The average molecular weight is 1400 g/mol. The number of carbonyl (C=O) groups excluding carboxylic acids is 2. The number of unbranched alkanes of at least 4 members (excludes halogenated alkanes) is 30. The van der Waals surface area contributed by atoms with Crippen molar-refractivity contribution >= 4 is 59.2 Å². The van der Waals surface area contributed by atoms with Crippen molar-refractivity contribution in [2.24, 2.45) is 5.41 Å². The molecule has 0 radical (unpaired) electrons. The van der Waals surface area contributed by atoms with Crippen LogP contribution in [0.5, 0.6) is 0 Å². The number of thioether (sulfide) groups is 3. The van der Waals surface area contributed by atoms with Gasteiger partial charge in [-0.2, -0.15) is 35.3 Å². The van der Waals surface area contributed by atoms with E-state index in [2.05, 4.69) is 25.6 Å². The summed E-state index contributed by atoms with van der Waals surface area (Å²) in [7, 11) is 0. The first-order valence-corrected chi connectivity index (χ1v) is 45.7. The Morgan fingerprint density at radius 3 is 0.821 bits per heavy atom. The van der Waals surface area contributed by atoms with Gasteiger partial charge >= 0.3 is 23.9 Å². The molecule has 0 unspecified atom stereocenters. The Kier molecular flexibility index (Phi) is 79.3. The summed E-state index contributed by atoms with van der Waals surface area (Å²) in [6.45, 7) is 5.66. The minimum Gasteiger partial charge on any atom is -0.481 e. The van der Waals surface area contributed by atoms with Gasteiger partial charge in [-0.1, -0.05) is 399 Å². The van der Waals surface area contributed by atoms with Crippen molar-refractivity contribution in [2.45, 2.75) is 457 Å². The molecule has 0 aromatic rings. The van der Waals surface area contributed by atoms with E-state index in [4.69, 9.17) is 14.6 Å². The topological polar surface area (TPSA) is 127 Å². The molecule has 95 heavy (non-hydrogen) atoms. The van der Waals surface area contributed by atoms with Gasteiger partial charge in [0.05, 0.1) is 37.9 Å². The van der Waals surface area contributed by atoms with Gasteiger partial charge in [0, 0.05) is 23.0 Å². The van der Waals surface area contributed by atoms with Crippen molar-refractivity contribution in [3.05, 3.63) is 0 Å². The number of esters is 2. The number of rotatable bonds is 40. The molecule has 2 N–H and O–H groups in total. The third-order valence-corrected chi connectivity index (χ3v) is 23.5. The van der Waals surface area contributed by atoms with Crippen molar-refractivity contribution in [1.82, 2.24) is 0 Å². The van der Waals surface area contributed by atoms with E-state index in [-0.39, 0.29) is 18.4 Å². The second kappa shape index (κ2) is 80.2. The lowest BCUT2D eigenvalue weighted by Crippen LogP contribution is -2.34. The lowest BCUT2D eigenvalue weighted by molar-refractivity contribution is -0.148. The van der Waals surface area contributed by atoms with E-state index in [1.54, 1.807) is 11.8 Å². The fraction of sp³-hybridized carbons (Fsp3) is 0.952. The van der Waals surface area contributed by atoms with E-state index in [9.17, 15) is 24.3 Å². The first-order valence-electron chi connectivity index (χ1n) is 42.3. The molecule has 0 amide bonds. The van der Waals surface area contributed by atoms with Crippen molar-refractivity contribution in [2.75, 3.05) is 47.7 Å². The molecule has 0 aromatic carbocycles. The number of hydrogen-bond acceptors (Lipinski definition) is 9. The quantitative estimate of drug-likeness (QED) is 0.0450. The second-order valence-electron chi connectivity index (χ2n) is 29.4. The van der Waals surface area contributed by atoms with Crippen LogP contribution in [0, 0.1) is 5.41 Å². The molecule has 0 aliphatic carbocycles. The molecule has 1 rings (SSSR count).